The van der Waals surface area contributed by atoms with Gasteiger partial charge in [0.1, 0.15) is 5.69 Å². The lowest BCUT2D eigenvalue weighted by Gasteiger charge is -2.13. The highest BCUT2D eigenvalue weighted by Crippen LogP contribution is 2.16. The Morgan fingerprint density at radius 2 is 1.96 bits per heavy atom. The molecule has 0 bridgehead atoms. The zero-order chi connectivity index (χ0) is 17.0. The zero-order valence-corrected chi connectivity index (χ0v) is 13.0. The summed E-state index contributed by atoms with van der Waals surface area (Å²) in [4.78, 5) is 12.0. The lowest BCUT2D eigenvalue weighted by Crippen LogP contribution is -2.33. The van der Waals surface area contributed by atoms with Gasteiger partial charge in [0.15, 0.2) is 17.3 Å². The summed E-state index contributed by atoms with van der Waals surface area (Å²) in [5.74, 6) is -1.74. The number of halogens is 2. The number of hydrogen-bond acceptors (Lipinski definition) is 3. The molecule has 2 aromatic rings. The van der Waals surface area contributed by atoms with Crippen molar-refractivity contribution >= 4 is 5.91 Å². The number of aromatic nitrogens is 2. The molecule has 0 aliphatic heterocycles. The van der Waals surface area contributed by atoms with E-state index in [1.54, 1.807) is 0 Å². The first-order valence-electron chi connectivity index (χ1n) is 7.34. The molecule has 1 unspecified atom stereocenters. The summed E-state index contributed by atoms with van der Waals surface area (Å²) >= 11 is 0. The van der Waals surface area contributed by atoms with Gasteiger partial charge in [-0.25, -0.2) is 13.5 Å². The standard InChI is InChI=1S/C16H19F2N3O2/c1-10(2)8-11(22)9-19-16(23)14-6-7-21(20-14)15-12(17)4-3-5-13(15)18/h3-7,10-11,22H,8-9H2,1-2H3,(H,19,23). The first-order valence-corrected chi connectivity index (χ1v) is 7.34. The van der Waals surface area contributed by atoms with Crippen molar-refractivity contribution in [2.24, 2.45) is 5.92 Å². The highest BCUT2D eigenvalue weighted by molar-refractivity contribution is 5.92. The summed E-state index contributed by atoms with van der Waals surface area (Å²) < 4.78 is 28.4. The van der Waals surface area contributed by atoms with Crippen molar-refractivity contribution < 1.29 is 18.7 Å². The van der Waals surface area contributed by atoms with Crippen LogP contribution in [-0.2, 0) is 0 Å². The normalized spacial score (nSPS) is 12.4. The van der Waals surface area contributed by atoms with Gasteiger partial charge in [-0.2, -0.15) is 5.10 Å². The van der Waals surface area contributed by atoms with Crippen molar-refractivity contribution in [1.29, 1.82) is 0 Å². The number of hydrogen-bond donors (Lipinski definition) is 2. The van der Waals surface area contributed by atoms with Gasteiger partial charge in [0.05, 0.1) is 6.10 Å². The van der Waals surface area contributed by atoms with Crippen LogP contribution in [0.25, 0.3) is 5.69 Å². The number of nitrogens with zero attached hydrogens (tertiary/aromatic N) is 2. The average molecular weight is 323 g/mol. The number of aliphatic hydroxyl groups excluding tert-OH is 1. The summed E-state index contributed by atoms with van der Waals surface area (Å²) in [5, 5.41) is 16.2. The summed E-state index contributed by atoms with van der Waals surface area (Å²) in [7, 11) is 0. The van der Waals surface area contributed by atoms with Crippen molar-refractivity contribution in [2.45, 2.75) is 26.4 Å². The highest BCUT2D eigenvalue weighted by Gasteiger charge is 2.16. The first kappa shape index (κ1) is 17.1. The molecule has 2 rings (SSSR count). The molecule has 23 heavy (non-hydrogen) atoms. The molecule has 1 aromatic heterocycles. The maximum Gasteiger partial charge on any atom is 0.271 e. The Labute approximate surface area is 132 Å². The van der Waals surface area contributed by atoms with E-state index in [0.717, 1.165) is 16.8 Å². The fourth-order valence-electron chi connectivity index (χ4n) is 2.21. The van der Waals surface area contributed by atoms with Crippen LogP contribution >= 0.6 is 0 Å². The lowest BCUT2D eigenvalue weighted by atomic mass is 10.1. The molecule has 7 heteroatoms. The topological polar surface area (TPSA) is 67.2 Å². The number of aliphatic hydroxyl groups is 1. The molecule has 0 saturated heterocycles. The predicted octanol–water partition coefficient (Wildman–Crippen LogP) is 2.29. The molecule has 1 heterocycles. The third-order valence-corrected chi connectivity index (χ3v) is 3.23. The summed E-state index contributed by atoms with van der Waals surface area (Å²) in [6.45, 7) is 4.03. The minimum absolute atomic E-state index is 0.0180. The second-order valence-electron chi connectivity index (χ2n) is 5.71. The third-order valence-electron chi connectivity index (χ3n) is 3.23. The van der Waals surface area contributed by atoms with Gasteiger partial charge in [0.25, 0.3) is 5.91 Å². The number of carbonyl (C=O) groups is 1. The van der Waals surface area contributed by atoms with Crippen molar-refractivity contribution in [1.82, 2.24) is 15.1 Å². The van der Waals surface area contributed by atoms with E-state index < -0.39 is 23.6 Å². The Balaban J connectivity index is 2.06. The molecule has 0 aliphatic carbocycles. The molecule has 1 aromatic carbocycles. The number of benzene rings is 1. The molecule has 124 valence electrons. The molecule has 1 atom stereocenters. The van der Waals surface area contributed by atoms with E-state index in [1.165, 1.54) is 18.3 Å². The van der Waals surface area contributed by atoms with Crippen LogP contribution in [0.5, 0.6) is 0 Å². The molecule has 5 nitrogen and oxygen atoms in total. The molecule has 0 fully saturated rings. The van der Waals surface area contributed by atoms with E-state index in [-0.39, 0.29) is 17.9 Å². The maximum atomic E-state index is 13.7. The van der Waals surface area contributed by atoms with Crippen LogP contribution in [0.4, 0.5) is 8.78 Å². The third kappa shape index (κ3) is 4.35. The average Bonchev–Trinajstić information content (AvgIpc) is 2.93. The number of carbonyl (C=O) groups excluding carboxylic acids is 1. The van der Waals surface area contributed by atoms with Crippen LogP contribution in [0.3, 0.4) is 0 Å². The van der Waals surface area contributed by atoms with Gasteiger partial charge in [-0.15, -0.1) is 0 Å². The van der Waals surface area contributed by atoms with Crippen molar-refractivity contribution in [3.63, 3.8) is 0 Å². The molecule has 2 N–H and O–H groups in total. The molecule has 0 spiro atoms. The van der Waals surface area contributed by atoms with Gasteiger partial charge in [0.2, 0.25) is 0 Å². The molecule has 0 radical (unpaired) electrons. The van der Waals surface area contributed by atoms with Crippen molar-refractivity contribution in [3.05, 3.63) is 47.8 Å². The monoisotopic (exact) mass is 323 g/mol. The minimum atomic E-state index is -0.771. The van der Waals surface area contributed by atoms with Crippen LogP contribution in [-0.4, -0.2) is 33.4 Å². The summed E-state index contributed by atoms with van der Waals surface area (Å²) in [5.41, 5.74) is -0.323. The Hall–Kier alpha value is -2.28. The highest BCUT2D eigenvalue weighted by atomic mass is 19.1. The van der Waals surface area contributed by atoms with Crippen LogP contribution in [0.1, 0.15) is 30.8 Å². The van der Waals surface area contributed by atoms with Crippen LogP contribution in [0.15, 0.2) is 30.5 Å². The van der Waals surface area contributed by atoms with Crippen LogP contribution in [0, 0.1) is 17.6 Å². The van der Waals surface area contributed by atoms with Crippen LogP contribution < -0.4 is 5.32 Å². The Morgan fingerprint density at radius 3 is 2.57 bits per heavy atom. The lowest BCUT2D eigenvalue weighted by molar-refractivity contribution is 0.0895. The molecule has 0 saturated carbocycles. The van der Waals surface area contributed by atoms with E-state index in [9.17, 15) is 18.7 Å². The second-order valence-corrected chi connectivity index (χ2v) is 5.71. The number of rotatable bonds is 6. The Morgan fingerprint density at radius 1 is 1.30 bits per heavy atom. The first-order chi connectivity index (χ1) is 10.9. The molecular formula is C16H19F2N3O2. The van der Waals surface area contributed by atoms with E-state index in [1.807, 2.05) is 13.8 Å². The fraction of sp³-hybridized carbons (Fsp3) is 0.375. The number of nitrogens with one attached hydrogen (secondary N) is 1. The SMILES string of the molecule is CC(C)CC(O)CNC(=O)c1ccn(-c2c(F)cccc2F)n1. The molecular weight excluding hydrogens is 304 g/mol. The van der Waals surface area contributed by atoms with Crippen molar-refractivity contribution in [3.8, 4) is 5.69 Å². The Kier molecular flexibility index (Phi) is 5.44. The van der Waals surface area contributed by atoms with E-state index >= 15 is 0 Å². The zero-order valence-electron chi connectivity index (χ0n) is 13.0. The van der Waals surface area contributed by atoms with E-state index in [0.29, 0.717) is 12.3 Å². The maximum absolute atomic E-state index is 13.7. The van der Waals surface area contributed by atoms with Gasteiger partial charge in [-0.3, -0.25) is 4.79 Å². The predicted molar refractivity (Wildman–Crippen MR) is 81.3 cm³/mol. The van der Waals surface area contributed by atoms with Gasteiger partial charge >= 0.3 is 0 Å². The second kappa shape index (κ2) is 7.32. The minimum Gasteiger partial charge on any atom is -0.391 e. The largest absolute Gasteiger partial charge is 0.391 e. The summed E-state index contributed by atoms with van der Waals surface area (Å²) in [6.07, 6.45) is 1.22. The Bertz CT molecular complexity index is 665. The smallest absolute Gasteiger partial charge is 0.271 e. The van der Waals surface area contributed by atoms with Crippen LogP contribution in [0.2, 0.25) is 0 Å². The van der Waals surface area contributed by atoms with Gasteiger partial charge in [0, 0.05) is 12.7 Å². The fourth-order valence-corrected chi connectivity index (χ4v) is 2.21. The van der Waals surface area contributed by atoms with E-state index in [4.69, 9.17) is 0 Å². The number of para-hydroxylation sites is 1. The molecule has 1 amide bonds. The van der Waals surface area contributed by atoms with E-state index in [2.05, 4.69) is 10.4 Å². The quantitative estimate of drug-likeness (QED) is 0.857. The number of amides is 1. The van der Waals surface area contributed by atoms with Gasteiger partial charge in [-0.1, -0.05) is 19.9 Å². The van der Waals surface area contributed by atoms with Crippen molar-refractivity contribution in [2.75, 3.05) is 6.54 Å². The van der Waals surface area contributed by atoms with Gasteiger partial charge < -0.3 is 10.4 Å². The molecule has 0 aliphatic rings. The summed E-state index contributed by atoms with van der Waals surface area (Å²) in [6, 6.07) is 4.83. The van der Waals surface area contributed by atoms with Gasteiger partial charge in [-0.05, 0) is 30.5 Å².